The van der Waals surface area contributed by atoms with Gasteiger partial charge in [0.25, 0.3) is 0 Å². The Bertz CT molecular complexity index is 559. The summed E-state index contributed by atoms with van der Waals surface area (Å²) in [4.78, 5) is 13.0. The predicted molar refractivity (Wildman–Crippen MR) is 66.5 cm³/mol. The zero-order chi connectivity index (χ0) is 14.0. The monoisotopic (exact) mass is 288 g/mol. The number of aromatic carboxylic acids is 1. The summed E-state index contributed by atoms with van der Waals surface area (Å²) in [5.74, 6) is -1.20. The molecule has 2 heterocycles. The van der Waals surface area contributed by atoms with E-state index in [2.05, 4.69) is 9.71 Å². The first-order valence-corrected chi connectivity index (χ1v) is 7.44. The summed E-state index contributed by atoms with van der Waals surface area (Å²) >= 11 is 0. The van der Waals surface area contributed by atoms with Crippen molar-refractivity contribution in [1.82, 2.24) is 9.71 Å². The number of H-pyrrole nitrogens is 1. The third-order valence-corrected chi connectivity index (χ3v) is 4.60. The van der Waals surface area contributed by atoms with E-state index in [1.54, 1.807) is 6.92 Å². The van der Waals surface area contributed by atoms with Crippen molar-refractivity contribution in [2.24, 2.45) is 0 Å². The molecule has 0 aliphatic carbocycles. The van der Waals surface area contributed by atoms with E-state index in [1.165, 1.54) is 0 Å². The molecule has 2 rings (SSSR count). The van der Waals surface area contributed by atoms with Gasteiger partial charge in [-0.25, -0.2) is 17.9 Å². The average molecular weight is 288 g/mol. The summed E-state index contributed by atoms with van der Waals surface area (Å²) in [5.41, 5.74) is -0.162. The number of carboxylic acids is 1. The molecule has 1 aliphatic rings. The van der Waals surface area contributed by atoms with Crippen LogP contribution in [-0.4, -0.2) is 43.2 Å². The van der Waals surface area contributed by atoms with Gasteiger partial charge >= 0.3 is 5.97 Å². The van der Waals surface area contributed by atoms with E-state index in [0.29, 0.717) is 6.61 Å². The first-order valence-electron chi connectivity index (χ1n) is 5.96. The third kappa shape index (κ3) is 3.14. The predicted octanol–water partition coefficient (Wildman–Crippen LogP) is 0.559. The van der Waals surface area contributed by atoms with Gasteiger partial charge in [0, 0.05) is 18.8 Å². The topological polar surface area (TPSA) is 108 Å². The quantitative estimate of drug-likeness (QED) is 0.733. The lowest BCUT2D eigenvalue weighted by atomic mass is 10.1. The highest BCUT2D eigenvalue weighted by atomic mass is 32.2. The number of aromatic amines is 1. The Hall–Kier alpha value is -1.38. The number of ether oxygens (including phenoxy) is 1. The maximum Gasteiger partial charge on any atom is 0.352 e. The molecular weight excluding hydrogens is 272 g/mol. The molecule has 0 saturated carbocycles. The molecule has 1 aromatic rings. The van der Waals surface area contributed by atoms with E-state index in [9.17, 15) is 13.2 Å². The van der Waals surface area contributed by atoms with Crippen LogP contribution in [0.1, 0.15) is 30.3 Å². The third-order valence-electron chi connectivity index (χ3n) is 3.06. The average Bonchev–Trinajstić information content (AvgIpc) is 3.00. The maximum atomic E-state index is 12.1. The molecule has 0 aromatic carbocycles. The summed E-state index contributed by atoms with van der Waals surface area (Å²) in [7, 11) is -3.73. The molecule has 0 bridgehead atoms. The highest BCUT2D eigenvalue weighted by Gasteiger charge is 2.27. The fraction of sp³-hybridized carbons (Fsp3) is 0.545. The highest BCUT2D eigenvalue weighted by molar-refractivity contribution is 7.89. The van der Waals surface area contributed by atoms with Crippen LogP contribution in [0.3, 0.4) is 0 Å². The number of hydrogen-bond acceptors (Lipinski definition) is 4. The lowest BCUT2D eigenvalue weighted by molar-refractivity contribution is 0.0691. The summed E-state index contributed by atoms with van der Waals surface area (Å²) < 4.78 is 32.0. The van der Waals surface area contributed by atoms with Crippen LogP contribution in [0.5, 0.6) is 0 Å². The van der Waals surface area contributed by atoms with Gasteiger partial charge in [-0.05, 0) is 25.8 Å². The first-order chi connectivity index (χ1) is 8.90. The molecule has 3 N–H and O–H groups in total. The smallest absolute Gasteiger partial charge is 0.352 e. The SMILES string of the molecule is CC(NS(=O)(=O)c1c[nH]c(C(=O)O)c1)C1CCCO1. The van der Waals surface area contributed by atoms with Crippen molar-refractivity contribution in [2.45, 2.75) is 36.8 Å². The van der Waals surface area contributed by atoms with E-state index >= 15 is 0 Å². The van der Waals surface area contributed by atoms with Crippen LogP contribution in [0.25, 0.3) is 0 Å². The molecule has 0 amide bonds. The van der Waals surface area contributed by atoms with Gasteiger partial charge in [-0.1, -0.05) is 0 Å². The number of nitrogens with one attached hydrogen (secondary N) is 2. The molecule has 2 unspecified atom stereocenters. The van der Waals surface area contributed by atoms with Crippen LogP contribution in [-0.2, 0) is 14.8 Å². The fourth-order valence-electron chi connectivity index (χ4n) is 2.04. The molecule has 0 radical (unpaired) electrons. The van der Waals surface area contributed by atoms with E-state index in [0.717, 1.165) is 25.1 Å². The summed E-state index contributed by atoms with van der Waals surface area (Å²) in [6.45, 7) is 2.38. The van der Waals surface area contributed by atoms with Crippen LogP contribution in [0.2, 0.25) is 0 Å². The Morgan fingerprint density at radius 2 is 2.37 bits per heavy atom. The fourth-order valence-corrected chi connectivity index (χ4v) is 3.30. The zero-order valence-corrected chi connectivity index (χ0v) is 11.2. The molecule has 1 fully saturated rings. The van der Waals surface area contributed by atoms with Gasteiger partial charge in [0.15, 0.2) is 0 Å². The van der Waals surface area contributed by atoms with E-state index < -0.39 is 16.0 Å². The minimum absolute atomic E-state index is 0.0882. The number of hydrogen-bond donors (Lipinski definition) is 3. The Kier molecular flexibility index (Phi) is 3.93. The Morgan fingerprint density at radius 1 is 1.63 bits per heavy atom. The molecule has 8 heteroatoms. The van der Waals surface area contributed by atoms with Gasteiger partial charge in [-0.15, -0.1) is 0 Å². The molecule has 7 nitrogen and oxygen atoms in total. The number of carboxylic acid groups (broad SMARTS) is 1. The number of carbonyl (C=O) groups is 1. The minimum atomic E-state index is -3.73. The van der Waals surface area contributed by atoms with Crippen LogP contribution in [0, 0.1) is 0 Å². The van der Waals surface area contributed by atoms with Gasteiger partial charge in [0.2, 0.25) is 10.0 Å². The molecule has 0 spiro atoms. The first kappa shape index (κ1) is 14.0. The van der Waals surface area contributed by atoms with Gasteiger partial charge in [0.05, 0.1) is 6.10 Å². The molecular formula is C11H16N2O5S. The minimum Gasteiger partial charge on any atom is -0.477 e. The summed E-state index contributed by atoms with van der Waals surface area (Å²) in [5, 5.41) is 8.75. The normalized spacial score (nSPS) is 21.4. The summed E-state index contributed by atoms with van der Waals surface area (Å²) in [6, 6.07) is 0.739. The van der Waals surface area contributed by atoms with Crippen molar-refractivity contribution in [1.29, 1.82) is 0 Å². The molecule has 2 atom stereocenters. The van der Waals surface area contributed by atoms with Crippen molar-refractivity contribution < 1.29 is 23.1 Å². The van der Waals surface area contributed by atoms with Crippen LogP contribution < -0.4 is 4.72 Å². The van der Waals surface area contributed by atoms with E-state index in [-0.39, 0.29) is 22.7 Å². The second kappa shape index (κ2) is 5.32. The van der Waals surface area contributed by atoms with Crippen molar-refractivity contribution >= 4 is 16.0 Å². The largest absolute Gasteiger partial charge is 0.477 e. The molecule has 1 aromatic heterocycles. The van der Waals surface area contributed by atoms with Crippen molar-refractivity contribution in [3.63, 3.8) is 0 Å². The number of aromatic nitrogens is 1. The molecule has 1 saturated heterocycles. The van der Waals surface area contributed by atoms with Gasteiger partial charge in [-0.2, -0.15) is 0 Å². The van der Waals surface area contributed by atoms with E-state index in [4.69, 9.17) is 9.84 Å². The Labute approximate surface area is 111 Å². The zero-order valence-electron chi connectivity index (χ0n) is 10.4. The lowest BCUT2D eigenvalue weighted by Crippen LogP contribution is -2.40. The van der Waals surface area contributed by atoms with Gasteiger partial charge in [-0.3, -0.25) is 0 Å². The lowest BCUT2D eigenvalue weighted by Gasteiger charge is -2.19. The summed E-state index contributed by atoms with van der Waals surface area (Å²) in [6.07, 6.45) is 2.77. The maximum absolute atomic E-state index is 12.1. The molecule has 1 aliphatic heterocycles. The van der Waals surface area contributed by atoms with E-state index in [1.807, 2.05) is 0 Å². The Morgan fingerprint density at radius 3 is 2.89 bits per heavy atom. The van der Waals surface area contributed by atoms with Crippen LogP contribution in [0.15, 0.2) is 17.2 Å². The molecule has 19 heavy (non-hydrogen) atoms. The number of sulfonamides is 1. The Balaban J connectivity index is 2.10. The van der Waals surface area contributed by atoms with Crippen LogP contribution in [0.4, 0.5) is 0 Å². The number of rotatable bonds is 5. The van der Waals surface area contributed by atoms with Crippen molar-refractivity contribution in [2.75, 3.05) is 6.61 Å². The van der Waals surface area contributed by atoms with Crippen LogP contribution >= 0.6 is 0 Å². The standard InChI is InChI=1S/C11H16N2O5S/c1-7(10-3-2-4-18-10)13-19(16,17)8-5-9(11(14)15)12-6-8/h5-7,10,12-13H,2-4H2,1H3,(H,14,15). The highest BCUT2D eigenvalue weighted by Crippen LogP contribution is 2.18. The molecule has 106 valence electrons. The van der Waals surface area contributed by atoms with Crippen molar-refractivity contribution in [3.8, 4) is 0 Å². The second-order valence-corrected chi connectivity index (χ2v) is 6.23. The van der Waals surface area contributed by atoms with Crippen molar-refractivity contribution in [3.05, 3.63) is 18.0 Å². The van der Waals surface area contributed by atoms with Gasteiger partial charge < -0.3 is 14.8 Å². The van der Waals surface area contributed by atoms with Gasteiger partial charge in [0.1, 0.15) is 10.6 Å². The second-order valence-electron chi connectivity index (χ2n) is 4.52.